The van der Waals surface area contributed by atoms with Gasteiger partial charge >= 0.3 is 0 Å². The summed E-state index contributed by atoms with van der Waals surface area (Å²) in [5, 5.41) is 0. The van der Waals surface area contributed by atoms with Crippen LogP contribution in [0.15, 0.2) is 0 Å². The predicted molar refractivity (Wildman–Crippen MR) is 236 cm³/mol. The van der Waals surface area contributed by atoms with E-state index >= 15 is 0 Å². The van der Waals surface area contributed by atoms with E-state index in [1.807, 2.05) is 0 Å². The highest BCUT2D eigenvalue weighted by Crippen LogP contribution is 2.13. The Kier molecular flexibility index (Phi) is 55.6. The number of unbranched alkanes of at least 4 members (excludes halogenated alkanes) is 18. The van der Waals surface area contributed by atoms with Gasteiger partial charge in [-0.3, -0.25) is 0 Å². The molecule has 0 aromatic heterocycles. The summed E-state index contributed by atoms with van der Waals surface area (Å²) in [6.45, 7) is 15.2. The van der Waals surface area contributed by atoms with Gasteiger partial charge in [-0.2, -0.15) is 0 Å². The molecule has 11 nitrogen and oxygen atoms in total. The van der Waals surface area contributed by atoms with E-state index in [1.54, 1.807) is 0 Å². The van der Waals surface area contributed by atoms with Crippen molar-refractivity contribution in [2.75, 3.05) is 150 Å². The Morgan fingerprint density at radius 2 is 0.357 bits per heavy atom. The van der Waals surface area contributed by atoms with Crippen LogP contribution in [0.2, 0.25) is 0 Å². The number of hydrogen-bond donors (Lipinski definition) is 0. The maximum absolute atomic E-state index is 5.70. The van der Waals surface area contributed by atoms with E-state index < -0.39 is 0 Å². The van der Waals surface area contributed by atoms with Gasteiger partial charge in [-0.15, -0.1) is 0 Å². The van der Waals surface area contributed by atoms with Crippen molar-refractivity contribution in [3.8, 4) is 0 Å². The lowest BCUT2D eigenvalue weighted by atomic mass is 10.0. The third-order valence-electron chi connectivity index (χ3n) is 9.03. The summed E-state index contributed by atoms with van der Waals surface area (Å²) in [5.41, 5.74) is 0. The van der Waals surface area contributed by atoms with Crippen LogP contribution in [-0.2, 0) is 52.1 Å². The first-order chi connectivity index (χ1) is 27.9. The molecule has 0 unspecified atom stereocenters. The van der Waals surface area contributed by atoms with Crippen molar-refractivity contribution >= 4 is 22.6 Å². The lowest BCUT2D eigenvalue weighted by Crippen LogP contribution is -2.15. The van der Waals surface area contributed by atoms with Gasteiger partial charge in [0.2, 0.25) is 0 Å². The molecule has 0 spiro atoms. The Hall–Kier alpha value is 0.290. The van der Waals surface area contributed by atoms with Crippen LogP contribution < -0.4 is 0 Å². The SMILES string of the molecule is CCCCCCCCCCCCCCCCCCOCCOCCOCCOCCOCCOCCOCCOCCOCCOCCOCCCCCCI. The molecule has 0 atom stereocenters. The van der Waals surface area contributed by atoms with Gasteiger partial charge < -0.3 is 52.1 Å². The highest BCUT2D eigenvalue weighted by atomic mass is 127. The lowest BCUT2D eigenvalue weighted by molar-refractivity contribution is -0.0275. The summed E-state index contributed by atoms with van der Waals surface area (Å²) in [6, 6.07) is 0. The van der Waals surface area contributed by atoms with Gasteiger partial charge in [-0.05, 0) is 23.7 Å². The maximum atomic E-state index is 5.70. The summed E-state index contributed by atoms with van der Waals surface area (Å²) in [7, 11) is 0. The Morgan fingerprint density at radius 1 is 0.196 bits per heavy atom. The second-order valence-electron chi connectivity index (χ2n) is 14.1. The summed E-state index contributed by atoms with van der Waals surface area (Å²) in [4.78, 5) is 0. The molecule has 338 valence electrons. The van der Waals surface area contributed by atoms with Crippen LogP contribution in [0.1, 0.15) is 135 Å². The van der Waals surface area contributed by atoms with Crippen LogP contribution in [0, 0.1) is 0 Å². The smallest absolute Gasteiger partial charge is 0.0701 e. The molecule has 12 heteroatoms. The standard InChI is InChI=1S/C44H89IO11/c1-2-3-4-5-6-7-8-9-10-11-12-13-14-15-17-20-23-46-25-27-48-29-31-50-33-35-52-37-39-54-41-43-56-44-42-55-40-38-53-36-34-51-32-30-49-28-26-47-24-21-18-16-19-22-45/h2-44H2,1H3. The van der Waals surface area contributed by atoms with Gasteiger partial charge in [0.25, 0.3) is 0 Å². The lowest BCUT2D eigenvalue weighted by Gasteiger charge is -2.09. The summed E-state index contributed by atoms with van der Waals surface area (Å²) in [6.07, 6.45) is 27.2. The van der Waals surface area contributed by atoms with Crippen molar-refractivity contribution < 1.29 is 52.1 Å². The van der Waals surface area contributed by atoms with Gasteiger partial charge in [0, 0.05) is 13.2 Å². The predicted octanol–water partition coefficient (Wildman–Crippen LogP) is 9.43. The zero-order chi connectivity index (χ0) is 40.2. The third kappa shape index (κ3) is 54.3. The molecule has 0 aromatic rings. The van der Waals surface area contributed by atoms with Crippen molar-refractivity contribution in [1.29, 1.82) is 0 Å². The van der Waals surface area contributed by atoms with E-state index in [4.69, 9.17) is 52.1 Å². The van der Waals surface area contributed by atoms with Crippen LogP contribution in [0.4, 0.5) is 0 Å². The van der Waals surface area contributed by atoms with Crippen molar-refractivity contribution in [1.82, 2.24) is 0 Å². The first-order valence-corrected chi connectivity index (χ1v) is 24.4. The molecule has 0 aliphatic carbocycles. The van der Waals surface area contributed by atoms with E-state index in [0.29, 0.717) is 132 Å². The van der Waals surface area contributed by atoms with Crippen LogP contribution >= 0.6 is 22.6 Å². The second kappa shape index (κ2) is 55.3. The number of hydrogen-bond acceptors (Lipinski definition) is 11. The third-order valence-corrected chi connectivity index (χ3v) is 9.80. The van der Waals surface area contributed by atoms with Crippen molar-refractivity contribution in [3.63, 3.8) is 0 Å². The second-order valence-corrected chi connectivity index (χ2v) is 15.2. The van der Waals surface area contributed by atoms with E-state index in [1.165, 1.54) is 120 Å². The molecule has 0 rings (SSSR count). The minimum absolute atomic E-state index is 0.528. The molecule has 0 saturated heterocycles. The molecule has 56 heavy (non-hydrogen) atoms. The van der Waals surface area contributed by atoms with Gasteiger partial charge in [-0.1, -0.05) is 139 Å². The summed E-state index contributed by atoms with van der Waals surface area (Å²) < 4.78 is 62.3. The quantitative estimate of drug-likeness (QED) is 0.0332. The van der Waals surface area contributed by atoms with Crippen LogP contribution in [-0.4, -0.2) is 150 Å². The van der Waals surface area contributed by atoms with Gasteiger partial charge in [0.1, 0.15) is 0 Å². The summed E-state index contributed by atoms with van der Waals surface area (Å²) in [5.74, 6) is 0. The topological polar surface area (TPSA) is 102 Å². The zero-order valence-electron chi connectivity index (χ0n) is 36.3. The number of ether oxygens (including phenoxy) is 11. The number of halogens is 1. The van der Waals surface area contributed by atoms with E-state index in [9.17, 15) is 0 Å². The van der Waals surface area contributed by atoms with Crippen molar-refractivity contribution in [2.24, 2.45) is 0 Å². The molecule has 0 aromatic carbocycles. The number of alkyl halides is 1. The van der Waals surface area contributed by atoms with Gasteiger partial charge in [0.05, 0.1) is 132 Å². The highest BCUT2D eigenvalue weighted by Gasteiger charge is 1.98. The Balaban J connectivity index is 3.05. The molecule has 0 amide bonds. The molecule has 0 radical (unpaired) electrons. The average molecular weight is 921 g/mol. The summed E-state index contributed by atoms with van der Waals surface area (Å²) >= 11 is 2.42. The van der Waals surface area contributed by atoms with E-state index in [2.05, 4.69) is 29.5 Å². The van der Waals surface area contributed by atoms with Crippen LogP contribution in [0.5, 0.6) is 0 Å². The highest BCUT2D eigenvalue weighted by molar-refractivity contribution is 14.1. The fraction of sp³-hybridized carbons (Fsp3) is 1.00. The number of rotatable bonds is 53. The molecule has 0 aliphatic rings. The monoisotopic (exact) mass is 921 g/mol. The van der Waals surface area contributed by atoms with Crippen LogP contribution in [0.25, 0.3) is 0 Å². The first kappa shape index (κ1) is 56.3. The van der Waals surface area contributed by atoms with Crippen molar-refractivity contribution in [2.45, 2.75) is 135 Å². The molecule has 0 heterocycles. The molecule has 0 aliphatic heterocycles. The maximum Gasteiger partial charge on any atom is 0.0701 e. The van der Waals surface area contributed by atoms with Crippen molar-refractivity contribution in [3.05, 3.63) is 0 Å². The molecule has 0 fully saturated rings. The molecular formula is C44H89IO11. The Morgan fingerprint density at radius 3 is 0.554 bits per heavy atom. The van der Waals surface area contributed by atoms with E-state index in [-0.39, 0.29) is 0 Å². The Bertz CT molecular complexity index is 614. The average Bonchev–Trinajstić information content (AvgIpc) is 3.21. The zero-order valence-corrected chi connectivity index (χ0v) is 38.4. The Labute approximate surface area is 358 Å². The van der Waals surface area contributed by atoms with E-state index in [0.717, 1.165) is 26.1 Å². The first-order valence-electron chi connectivity index (χ1n) is 22.8. The van der Waals surface area contributed by atoms with Gasteiger partial charge in [0.15, 0.2) is 0 Å². The minimum atomic E-state index is 0.528. The fourth-order valence-corrected chi connectivity index (χ4v) is 6.24. The van der Waals surface area contributed by atoms with Crippen LogP contribution in [0.3, 0.4) is 0 Å². The minimum Gasteiger partial charge on any atom is -0.379 e. The molecule has 0 bridgehead atoms. The molecule has 0 saturated carbocycles. The fourth-order valence-electron chi connectivity index (χ4n) is 5.71. The molecule has 0 N–H and O–H groups in total. The largest absolute Gasteiger partial charge is 0.379 e. The normalized spacial score (nSPS) is 11.7. The van der Waals surface area contributed by atoms with Gasteiger partial charge in [-0.25, -0.2) is 0 Å². The molecular weight excluding hydrogens is 831 g/mol.